The number of hydrogen-bond acceptors (Lipinski definition) is 2. The first-order chi connectivity index (χ1) is 11.3. The quantitative estimate of drug-likeness (QED) is 0.195. The van der Waals surface area contributed by atoms with E-state index < -0.39 is 0 Å². The van der Waals surface area contributed by atoms with Crippen LogP contribution in [-0.2, 0) is 9.53 Å². The van der Waals surface area contributed by atoms with E-state index in [4.69, 9.17) is 4.74 Å². The topological polar surface area (TPSA) is 26.3 Å². The van der Waals surface area contributed by atoms with E-state index in [1.807, 2.05) is 6.92 Å². The smallest absolute Gasteiger partial charge is 0.305 e. The molecule has 0 bridgehead atoms. The van der Waals surface area contributed by atoms with Gasteiger partial charge in [0.05, 0.1) is 6.61 Å². The van der Waals surface area contributed by atoms with Gasteiger partial charge in [-0.2, -0.15) is 0 Å². The lowest BCUT2D eigenvalue weighted by atomic mass is 10.1. The Labute approximate surface area is 143 Å². The molecule has 0 rings (SSSR count). The fraction of sp³-hybridized carbons (Fsp3) is 0.667. The van der Waals surface area contributed by atoms with E-state index in [9.17, 15) is 4.79 Å². The molecular formula is C21H36O2. The molecule has 132 valence electrons. The molecule has 0 aliphatic carbocycles. The summed E-state index contributed by atoms with van der Waals surface area (Å²) >= 11 is 0. The molecule has 0 aromatic carbocycles. The first-order valence-corrected chi connectivity index (χ1v) is 9.41. The van der Waals surface area contributed by atoms with Crippen LogP contribution in [0.3, 0.4) is 0 Å². The Morgan fingerprint density at radius 2 is 1.30 bits per heavy atom. The predicted molar refractivity (Wildman–Crippen MR) is 101 cm³/mol. The molecule has 2 nitrogen and oxygen atoms in total. The van der Waals surface area contributed by atoms with Crippen LogP contribution in [0.1, 0.15) is 84.5 Å². The highest BCUT2D eigenvalue weighted by atomic mass is 16.5. The summed E-state index contributed by atoms with van der Waals surface area (Å²) in [6, 6.07) is 0. The van der Waals surface area contributed by atoms with Crippen molar-refractivity contribution in [2.45, 2.75) is 84.5 Å². The van der Waals surface area contributed by atoms with Gasteiger partial charge < -0.3 is 4.74 Å². The number of allylic oxidation sites excluding steroid dienone is 6. The molecule has 23 heavy (non-hydrogen) atoms. The minimum Gasteiger partial charge on any atom is -0.466 e. The van der Waals surface area contributed by atoms with Crippen LogP contribution in [0.15, 0.2) is 36.5 Å². The van der Waals surface area contributed by atoms with E-state index in [0.29, 0.717) is 13.0 Å². The molecule has 0 aromatic heterocycles. The highest BCUT2D eigenvalue weighted by Crippen LogP contribution is 2.04. The normalized spacial score (nSPS) is 11.9. The number of carbonyl (C=O) groups is 1. The molecule has 2 heteroatoms. The van der Waals surface area contributed by atoms with Gasteiger partial charge in [-0.1, -0.05) is 63.1 Å². The van der Waals surface area contributed by atoms with Crippen LogP contribution >= 0.6 is 0 Å². The monoisotopic (exact) mass is 320 g/mol. The molecule has 0 aliphatic heterocycles. The zero-order valence-corrected chi connectivity index (χ0v) is 15.3. The number of ether oxygens (including phenoxy) is 1. The Kier molecular flexibility index (Phi) is 17.7. The molecule has 0 radical (unpaired) electrons. The fourth-order valence-corrected chi connectivity index (χ4v) is 2.11. The second-order valence-electron chi connectivity index (χ2n) is 5.85. The summed E-state index contributed by atoms with van der Waals surface area (Å²) in [5, 5.41) is 0. The van der Waals surface area contributed by atoms with E-state index >= 15 is 0 Å². The van der Waals surface area contributed by atoms with Gasteiger partial charge in [-0.05, 0) is 51.4 Å². The predicted octanol–water partition coefficient (Wildman–Crippen LogP) is 6.53. The van der Waals surface area contributed by atoms with E-state index in [2.05, 4.69) is 43.4 Å². The van der Waals surface area contributed by atoms with Gasteiger partial charge in [-0.15, -0.1) is 0 Å². The van der Waals surface area contributed by atoms with Crippen LogP contribution in [0.4, 0.5) is 0 Å². The van der Waals surface area contributed by atoms with Crippen LogP contribution in [-0.4, -0.2) is 12.6 Å². The van der Waals surface area contributed by atoms with Crippen LogP contribution < -0.4 is 0 Å². The second kappa shape index (κ2) is 18.7. The minimum atomic E-state index is -0.0542. The van der Waals surface area contributed by atoms with Crippen molar-refractivity contribution in [2.24, 2.45) is 0 Å². The molecule has 0 heterocycles. The van der Waals surface area contributed by atoms with Crippen molar-refractivity contribution >= 4 is 5.97 Å². The van der Waals surface area contributed by atoms with Crippen LogP contribution in [0.2, 0.25) is 0 Å². The third-order valence-corrected chi connectivity index (χ3v) is 3.49. The molecule has 0 aliphatic rings. The average Bonchev–Trinajstić information content (AvgIpc) is 2.56. The summed E-state index contributed by atoms with van der Waals surface area (Å²) in [4.78, 5) is 11.3. The highest BCUT2D eigenvalue weighted by Gasteiger charge is 2.00. The first-order valence-electron chi connectivity index (χ1n) is 9.41. The third kappa shape index (κ3) is 18.6. The summed E-state index contributed by atoms with van der Waals surface area (Å²) in [6.07, 6.45) is 25.1. The van der Waals surface area contributed by atoms with Gasteiger partial charge in [0.1, 0.15) is 0 Å². The van der Waals surface area contributed by atoms with E-state index in [1.54, 1.807) is 0 Å². The van der Waals surface area contributed by atoms with Gasteiger partial charge in [-0.3, -0.25) is 4.79 Å². The Bertz CT molecular complexity index is 340. The van der Waals surface area contributed by atoms with Gasteiger partial charge in [0.2, 0.25) is 0 Å². The van der Waals surface area contributed by atoms with Crippen molar-refractivity contribution in [1.82, 2.24) is 0 Å². The van der Waals surface area contributed by atoms with Crippen molar-refractivity contribution < 1.29 is 9.53 Å². The third-order valence-electron chi connectivity index (χ3n) is 3.49. The maximum Gasteiger partial charge on any atom is 0.305 e. The molecule has 0 fully saturated rings. The summed E-state index contributed by atoms with van der Waals surface area (Å²) < 4.78 is 5.04. The minimum absolute atomic E-state index is 0.0542. The summed E-state index contributed by atoms with van der Waals surface area (Å²) in [7, 11) is 0. The Morgan fingerprint density at radius 3 is 1.87 bits per heavy atom. The number of esters is 1. The molecule has 0 spiro atoms. The van der Waals surface area contributed by atoms with Crippen LogP contribution in [0, 0.1) is 0 Å². The molecule has 0 saturated carbocycles. The standard InChI is InChI=1S/C21H36O2/c1-3-5-6-7-8-9-10-11-12-13-14-15-16-17-18-19-21(22)23-20-4-2/h8-9,11-12,14-15H,3-7,10,13,16-20H2,1-2H3/b9-8?,12-11?,15-14-. The number of carbonyl (C=O) groups excluding carboxylic acids is 1. The van der Waals surface area contributed by atoms with Gasteiger partial charge >= 0.3 is 5.97 Å². The van der Waals surface area contributed by atoms with E-state index in [0.717, 1.165) is 38.5 Å². The molecule has 0 unspecified atom stereocenters. The van der Waals surface area contributed by atoms with E-state index in [1.165, 1.54) is 25.7 Å². The number of rotatable bonds is 15. The van der Waals surface area contributed by atoms with Crippen LogP contribution in [0.5, 0.6) is 0 Å². The van der Waals surface area contributed by atoms with Crippen molar-refractivity contribution in [1.29, 1.82) is 0 Å². The lowest BCUT2D eigenvalue weighted by Gasteiger charge is -2.01. The van der Waals surface area contributed by atoms with Gasteiger partial charge in [-0.25, -0.2) is 0 Å². The summed E-state index contributed by atoms with van der Waals surface area (Å²) in [6.45, 7) is 4.80. The zero-order chi connectivity index (χ0) is 17.0. The maximum atomic E-state index is 11.3. The van der Waals surface area contributed by atoms with Gasteiger partial charge in [0, 0.05) is 6.42 Å². The molecule has 0 saturated heterocycles. The Morgan fingerprint density at radius 1 is 0.739 bits per heavy atom. The summed E-state index contributed by atoms with van der Waals surface area (Å²) in [5.41, 5.74) is 0. The first kappa shape index (κ1) is 21.7. The van der Waals surface area contributed by atoms with Crippen molar-refractivity contribution in [3.05, 3.63) is 36.5 Å². The zero-order valence-electron chi connectivity index (χ0n) is 15.3. The Balaban J connectivity index is 3.36. The molecular weight excluding hydrogens is 284 g/mol. The lowest BCUT2D eigenvalue weighted by molar-refractivity contribution is -0.143. The lowest BCUT2D eigenvalue weighted by Crippen LogP contribution is -2.04. The van der Waals surface area contributed by atoms with Crippen LogP contribution in [0.25, 0.3) is 0 Å². The van der Waals surface area contributed by atoms with Gasteiger partial charge in [0.15, 0.2) is 0 Å². The molecule has 0 atom stereocenters. The van der Waals surface area contributed by atoms with Crippen molar-refractivity contribution in [3.8, 4) is 0 Å². The van der Waals surface area contributed by atoms with Crippen molar-refractivity contribution in [3.63, 3.8) is 0 Å². The Hall–Kier alpha value is -1.31. The average molecular weight is 321 g/mol. The summed E-state index contributed by atoms with van der Waals surface area (Å²) in [5.74, 6) is -0.0542. The SMILES string of the molecule is CCCCCC=CCC=CC/C=C\CCCCC(=O)OCCC. The second-order valence-corrected chi connectivity index (χ2v) is 5.85. The molecule has 0 amide bonds. The fourth-order valence-electron chi connectivity index (χ4n) is 2.11. The van der Waals surface area contributed by atoms with Gasteiger partial charge in [0.25, 0.3) is 0 Å². The number of hydrogen-bond donors (Lipinski definition) is 0. The number of unbranched alkanes of at least 4 members (excludes halogenated alkanes) is 5. The largest absolute Gasteiger partial charge is 0.466 e. The van der Waals surface area contributed by atoms with E-state index in [-0.39, 0.29) is 5.97 Å². The van der Waals surface area contributed by atoms with Crippen molar-refractivity contribution in [2.75, 3.05) is 6.61 Å². The molecule has 0 aromatic rings. The highest BCUT2D eigenvalue weighted by molar-refractivity contribution is 5.69. The maximum absolute atomic E-state index is 11.3. The molecule has 0 N–H and O–H groups in total.